The van der Waals surface area contributed by atoms with Crippen LogP contribution in [0.5, 0.6) is 11.5 Å². The molecule has 0 radical (unpaired) electrons. The monoisotopic (exact) mass is 478 g/mol. The Balaban J connectivity index is 1.95. The van der Waals surface area contributed by atoms with E-state index in [1.54, 1.807) is 23.6 Å². The summed E-state index contributed by atoms with van der Waals surface area (Å²) in [5.74, 6) is -0.217. The lowest BCUT2D eigenvalue weighted by atomic mass is 10.0. The van der Waals surface area contributed by atoms with Gasteiger partial charge in [-0.1, -0.05) is 12.1 Å². The zero-order chi connectivity index (χ0) is 25.2. The smallest absolute Gasteiger partial charge is 0.331 e. The van der Waals surface area contributed by atoms with Crippen LogP contribution in [0.3, 0.4) is 0 Å². The molecule has 35 heavy (non-hydrogen) atoms. The van der Waals surface area contributed by atoms with Crippen molar-refractivity contribution >= 4 is 16.6 Å². The first-order valence-electron chi connectivity index (χ1n) is 10.8. The minimum Gasteiger partial charge on any atom is -0.508 e. The Morgan fingerprint density at radius 1 is 1.09 bits per heavy atom. The maximum absolute atomic E-state index is 13.4. The van der Waals surface area contributed by atoms with E-state index in [-0.39, 0.29) is 34.7 Å². The van der Waals surface area contributed by atoms with Crippen molar-refractivity contribution in [2.75, 3.05) is 6.61 Å². The number of nitrogens with zero attached hydrogens (tertiary/aromatic N) is 4. The maximum atomic E-state index is 13.4. The molecule has 0 bridgehead atoms. The topological polar surface area (TPSA) is 142 Å². The van der Waals surface area contributed by atoms with Gasteiger partial charge in [-0.3, -0.25) is 24.0 Å². The van der Waals surface area contributed by atoms with Crippen molar-refractivity contribution in [2.45, 2.75) is 19.6 Å². The SMILES string of the molecule is Cc1ccc(-c2c3c(=O)n(C)c(=O)n(C)c3c3n2CCOC3c2cc(O)ccc2O)cc1[N+](=O)[O-]. The van der Waals surface area contributed by atoms with E-state index in [2.05, 4.69) is 0 Å². The van der Waals surface area contributed by atoms with Crippen LogP contribution in [0.2, 0.25) is 0 Å². The van der Waals surface area contributed by atoms with Gasteiger partial charge in [-0.2, -0.15) is 0 Å². The number of aryl methyl sites for hydroxylation is 2. The summed E-state index contributed by atoms with van der Waals surface area (Å²) in [6, 6.07) is 8.76. The highest BCUT2D eigenvalue weighted by Crippen LogP contribution is 2.43. The molecule has 3 heterocycles. The van der Waals surface area contributed by atoms with E-state index in [4.69, 9.17) is 4.74 Å². The van der Waals surface area contributed by atoms with E-state index in [0.717, 1.165) is 4.57 Å². The molecule has 4 aromatic rings. The van der Waals surface area contributed by atoms with E-state index in [1.807, 2.05) is 0 Å². The number of phenolic OH excluding ortho intramolecular Hbond substituents is 2. The minimum absolute atomic E-state index is 0.0893. The van der Waals surface area contributed by atoms with Gasteiger partial charge in [-0.05, 0) is 25.1 Å². The normalized spacial score (nSPS) is 15.3. The van der Waals surface area contributed by atoms with Gasteiger partial charge in [0.05, 0.1) is 33.8 Å². The molecule has 2 aromatic heterocycles. The van der Waals surface area contributed by atoms with Crippen LogP contribution in [-0.2, 0) is 25.4 Å². The zero-order valence-electron chi connectivity index (χ0n) is 19.2. The van der Waals surface area contributed by atoms with E-state index in [1.165, 1.54) is 42.9 Å². The number of benzene rings is 2. The Labute approximate surface area is 197 Å². The van der Waals surface area contributed by atoms with Gasteiger partial charge in [-0.25, -0.2) is 4.79 Å². The first-order chi connectivity index (χ1) is 16.6. The van der Waals surface area contributed by atoms with E-state index in [0.29, 0.717) is 34.6 Å². The Bertz CT molecular complexity index is 1660. The standard InChI is InChI=1S/C24H22N4O7/c1-12-4-5-13(10-16(12)28(33)34)19-18-20(25(2)24(32)26(3)23(18)31)21-22(35-9-8-27(19)21)15-11-14(29)6-7-17(15)30/h4-7,10-11,22,29-30H,8-9H2,1-3H3. The molecule has 5 rings (SSSR count). The van der Waals surface area contributed by atoms with Crippen molar-refractivity contribution in [3.8, 4) is 22.8 Å². The van der Waals surface area contributed by atoms with E-state index in [9.17, 15) is 29.9 Å². The largest absolute Gasteiger partial charge is 0.508 e. The first kappa shape index (κ1) is 22.4. The first-order valence-corrected chi connectivity index (χ1v) is 10.8. The van der Waals surface area contributed by atoms with Gasteiger partial charge >= 0.3 is 5.69 Å². The number of hydrogen-bond donors (Lipinski definition) is 2. The van der Waals surface area contributed by atoms with Crippen molar-refractivity contribution in [1.82, 2.24) is 13.7 Å². The highest BCUT2D eigenvalue weighted by atomic mass is 16.6. The number of rotatable bonds is 3. The Hall–Kier alpha value is -4.38. The van der Waals surface area contributed by atoms with Gasteiger partial charge < -0.3 is 19.5 Å². The van der Waals surface area contributed by atoms with Gasteiger partial charge in [0.2, 0.25) is 0 Å². The van der Waals surface area contributed by atoms with Crippen molar-refractivity contribution in [3.05, 3.63) is 84.2 Å². The lowest BCUT2D eigenvalue weighted by Gasteiger charge is -2.28. The number of aromatic nitrogens is 3. The van der Waals surface area contributed by atoms with Crippen LogP contribution in [0.4, 0.5) is 5.69 Å². The van der Waals surface area contributed by atoms with Crippen molar-refractivity contribution in [3.63, 3.8) is 0 Å². The fourth-order valence-electron chi connectivity index (χ4n) is 4.82. The summed E-state index contributed by atoms with van der Waals surface area (Å²) >= 11 is 0. The molecule has 0 aliphatic carbocycles. The summed E-state index contributed by atoms with van der Waals surface area (Å²) in [5.41, 5.74) is 1.12. The third-order valence-corrected chi connectivity index (χ3v) is 6.53. The van der Waals surface area contributed by atoms with Crippen LogP contribution in [-0.4, -0.2) is 35.4 Å². The minimum atomic E-state index is -0.912. The van der Waals surface area contributed by atoms with Crippen molar-refractivity contribution in [2.24, 2.45) is 14.1 Å². The molecule has 0 saturated heterocycles. The summed E-state index contributed by atoms with van der Waals surface area (Å²) in [6.45, 7) is 2.13. The Morgan fingerprint density at radius 3 is 2.54 bits per heavy atom. The number of hydrogen-bond acceptors (Lipinski definition) is 7. The van der Waals surface area contributed by atoms with Crippen LogP contribution in [0.1, 0.15) is 22.9 Å². The second kappa shape index (κ2) is 7.84. The summed E-state index contributed by atoms with van der Waals surface area (Å²) in [6.07, 6.45) is -0.912. The number of fused-ring (bicyclic) bond motifs is 3. The molecule has 0 amide bonds. The molecule has 11 nitrogen and oxygen atoms in total. The quantitative estimate of drug-likeness (QED) is 0.262. The molecular formula is C24H22N4O7. The molecular weight excluding hydrogens is 456 g/mol. The fourth-order valence-corrected chi connectivity index (χ4v) is 4.82. The molecule has 1 unspecified atom stereocenters. The van der Waals surface area contributed by atoms with Gasteiger partial charge in [0.15, 0.2) is 0 Å². The highest BCUT2D eigenvalue weighted by Gasteiger charge is 2.34. The molecule has 180 valence electrons. The molecule has 11 heteroatoms. The fraction of sp³-hybridized carbons (Fsp3) is 0.250. The lowest BCUT2D eigenvalue weighted by Crippen LogP contribution is -2.37. The van der Waals surface area contributed by atoms with Gasteiger partial charge in [0.25, 0.3) is 11.2 Å². The predicted octanol–water partition coefficient (Wildman–Crippen LogP) is 2.45. The molecule has 1 aliphatic rings. The number of phenols is 2. The highest BCUT2D eigenvalue weighted by molar-refractivity contribution is 5.97. The van der Waals surface area contributed by atoms with E-state index >= 15 is 0 Å². The molecule has 2 aromatic carbocycles. The number of nitro groups is 1. The molecule has 0 fully saturated rings. The summed E-state index contributed by atoms with van der Waals surface area (Å²) < 4.78 is 10.1. The summed E-state index contributed by atoms with van der Waals surface area (Å²) in [4.78, 5) is 37.5. The lowest BCUT2D eigenvalue weighted by molar-refractivity contribution is -0.385. The van der Waals surface area contributed by atoms with E-state index < -0.39 is 22.3 Å². The molecule has 1 aliphatic heterocycles. The number of ether oxygens (including phenoxy) is 1. The van der Waals surface area contributed by atoms with Crippen LogP contribution < -0.4 is 11.2 Å². The Kier molecular flexibility index (Phi) is 5.02. The van der Waals surface area contributed by atoms with Crippen LogP contribution >= 0.6 is 0 Å². The van der Waals surface area contributed by atoms with Crippen molar-refractivity contribution < 1.29 is 19.9 Å². The Morgan fingerprint density at radius 2 is 1.83 bits per heavy atom. The molecule has 1 atom stereocenters. The molecule has 2 N–H and O–H groups in total. The molecule has 0 saturated carbocycles. The third kappa shape index (κ3) is 3.23. The van der Waals surface area contributed by atoms with Crippen LogP contribution in [0.25, 0.3) is 22.2 Å². The van der Waals surface area contributed by atoms with Gasteiger partial charge in [-0.15, -0.1) is 0 Å². The second-order valence-electron chi connectivity index (χ2n) is 8.57. The maximum Gasteiger partial charge on any atom is 0.331 e. The van der Waals surface area contributed by atoms with Gasteiger partial charge in [0, 0.05) is 43.4 Å². The molecule has 0 spiro atoms. The predicted molar refractivity (Wildman–Crippen MR) is 127 cm³/mol. The number of nitro benzene ring substituents is 1. The summed E-state index contributed by atoms with van der Waals surface area (Å²) in [7, 11) is 2.90. The van der Waals surface area contributed by atoms with Crippen LogP contribution in [0.15, 0.2) is 46.0 Å². The van der Waals surface area contributed by atoms with Crippen LogP contribution in [0, 0.1) is 17.0 Å². The van der Waals surface area contributed by atoms with Gasteiger partial charge in [0.1, 0.15) is 17.6 Å². The zero-order valence-corrected chi connectivity index (χ0v) is 19.2. The summed E-state index contributed by atoms with van der Waals surface area (Å²) in [5, 5.41) is 32.4. The number of aromatic hydroxyl groups is 2. The third-order valence-electron chi connectivity index (χ3n) is 6.53. The van der Waals surface area contributed by atoms with Crippen molar-refractivity contribution in [1.29, 1.82) is 0 Å². The second-order valence-corrected chi connectivity index (χ2v) is 8.57. The average molecular weight is 478 g/mol. The average Bonchev–Trinajstić information content (AvgIpc) is 3.18.